The molecule has 0 spiro atoms. The van der Waals surface area contributed by atoms with Gasteiger partial charge in [-0.1, -0.05) is 18.3 Å². The van der Waals surface area contributed by atoms with E-state index in [4.69, 9.17) is 18.9 Å². The Morgan fingerprint density at radius 2 is 1.51 bits per heavy atom. The van der Waals surface area contributed by atoms with Gasteiger partial charge in [0.15, 0.2) is 6.10 Å². The van der Waals surface area contributed by atoms with Crippen LogP contribution in [-0.2, 0) is 33.3 Å². The molecule has 1 unspecified atom stereocenters. The van der Waals surface area contributed by atoms with Crippen molar-refractivity contribution in [1.82, 2.24) is 15.5 Å². The summed E-state index contributed by atoms with van der Waals surface area (Å²) in [5.74, 6) is 4.97. The Bertz CT molecular complexity index is 771. The largest absolute Gasteiger partial charge is 0.433 e. The minimum absolute atomic E-state index is 0.0498. The minimum atomic E-state index is -0.479. The fourth-order valence-electron chi connectivity index (χ4n) is 3.22. The van der Waals surface area contributed by atoms with Crippen molar-refractivity contribution < 1.29 is 38.1 Å². The molecule has 194 valence electrons. The number of rotatable bonds is 16. The van der Waals surface area contributed by atoms with Crippen molar-refractivity contribution >= 4 is 23.8 Å². The predicted molar refractivity (Wildman–Crippen MR) is 125 cm³/mol. The van der Waals surface area contributed by atoms with Gasteiger partial charge in [-0.05, 0) is 19.3 Å². The second-order valence-corrected chi connectivity index (χ2v) is 7.84. The molecule has 0 aromatic heterocycles. The summed E-state index contributed by atoms with van der Waals surface area (Å²) in [6.07, 6.45) is 6.48. The van der Waals surface area contributed by atoms with Gasteiger partial charge >= 0.3 is 6.09 Å². The number of hydrogen-bond acceptors (Lipinski definition) is 8. The first-order valence-corrected chi connectivity index (χ1v) is 12.0. The summed E-state index contributed by atoms with van der Waals surface area (Å²) in [5.41, 5.74) is 0. The van der Waals surface area contributed by atoms with E-state index in [2.05, 4.69) is 22.5 Å². The molecule has 1 aliphatic carbocycles. The monoisotopic (exact) mass is 493 g/mol. The summed E-state index contributed by atoms with van der Waals surface area (Å²) in [5, 5.41) is 5.31. The van der Waals surface area contributed by atoms with Gasteiger partial charge in [-0.15, -0.1) is 0 Å². The van der Waals surface area contributed by atoms with Crippen molar-refractivity contribution in [3.8, 4) is 11.8 Å². The van der Waals surface area contributed by atoms with E-state index in [1.54, 1.807) is 0 Å². The molecule has 2 N–H and O–H groups in total. The van der Waals surface area contributed by atoms with Gasteiger partial charge < -0.3 is 29.6 Å². The van der Waals surface area contributed by atoms with E-state index >= 15 is 0 Å². The van der Waals surface area contributed by atoms with Gasteiger partial charge in [-0.3, -0.25) is 19.3 Å². The van der Waals surface area contributed by atoms with Crippen LogP contribution in [0.2, 0.25) is 0 Å². The Morgan fingerprint density at radius 3 is 2.20 bits per heavy atom. The first kappa shape index (κ1) is 28.3. The average Bonchev–Trinajstić information content (AvgIpc) is 3.14. The van der Waals surface area contributed by atoms with E-state index in [-0.39, 0.29) is 25.0 Å². The first-order valence-electron chi connectivity index (χ1n) is 12.0. The van der Waals surface area contributed by atoms with Gasteiger partial charge in [0.1, 0.15) is 0 Å². The van der Waals surface area contributed by atoms with Gasteiger partial charge in [0.05, 0.1) is 39.6 Å². The van der Waals surface area contributed by atoms with Crippen LogP contribution in [0.3, 0.4) is 0 Å². The van der Waals surface area contributed by atoms with Crippen molar-refractivity contribution in [2.75, 3.05) is 59.3 Å². The molecule has 11 heteroatoms. The lowest BCUT2D eigenvalue weighted by atomic mass is 10.1. The molecule has 35 heavy (non-hydrogen) atoms. The van der Waals surface area contributed by atoms with Crippen LogP contribution in [0, 0.1) is 11.8 Å². The Balaban J connectivity index is 1.32. The highest BCUT2D eigenvalue weighted by Crippen LogP contribution is 2.10. The third kappa shape index (κ3) is 12.9. The van der Waals surface area contributed by atoms with Crippen molar-refractivity contribution in [3.05, 3.63) is 12.2 Å². The maximum absolute atomic E-state index is 11.8. The van der Waals surface area contributed by atoms with Crippen LogP contribution in [0.25, 0.3) is 0 Å². The topological polar surface area (TPSA) is 132 Å². The number of hydrogen-bond donors (Lipinski definition) is 2. The summed E-state index contributed by atoms with van der Waals surface area (Å²) in [6.45, 7) is 2.93. The molecule has 1 heterocycles. The Labute approximate surface area is 205 Å². The number of alkyl carbamates (subject to hydrolysis) is 1. The summed E-state index contributed by atoms with van der Waals surface area (Å²) in [7, 11) is 0. The van der Waals surface area contributed by atoms with E-state index < -0.39 is 17.9 Å². The fourth-order valence-corrected chi connectivity index (χ4v) is 3.22. The molecule has 2 rings (SSSR count). The van der Waals surface area contributed by atoms with Crippen LogP contribution in [0.4, 0.5) is 4.79 Å². The number of imide groups is 1. The lowest BCUT2D eigenvalue weighted by Gasteiger charge is -2.14. The maximum atomic E-state index is 11.8. The lowest BCUT2D eigenvalue weighted by molar-refractivity contribution is -0.137. The summed E-state index contributed by atoms with van der Waals surface area (Å²) in [4.78, 5) is 47.3. The SMILES string of the molecule is O=C(CCN1C(=O)C=CC1=O)NCCOCCOCCOCCNC(=O)OC1C#CCCCCC1. The standard InChI is InChI=1S/C24H35N3O8/c28-21(10-13-27-22(29)8-9-23(27)30)25-11-14-32-16-18-34-19-17-33-15-12-26-24(31)35-20-6-4-2-1-3-5-7-20/h8-9,20H,1-4,6,10-19H2,(H,25,28)(H,26,31). The number of nitrogens with zero attached hydrogens (tertiary/aromatic N) is 1. The molecule has 0 aromatic carbocycles. The predicted octanol–water partition coefficient (Wildman–Crippen LogP) is 0.530. The highest BCUT2D eigenvalue weighted by Gasteiger charge is 2.23. The van der Waals surface area contributed by atoms with Crippen molar-refractivity contribution in [1.29, 1.82) is 0 Å². The molecule has 2 aliphatic rings. The first-order chi connectivity index (χ1) is 17.1. The smallest absolute Gasteiger partial charge is 0.408 e. The zero-order chi connectivity index (χ0) is 25.1. The van der Waals surface area contributed by atoms with Gasteiger partial charge in [-0.2, -0.15) is 0 Å². The highest BCUT2D eigenvalue weighted by molar-refractivity contribution is 6.13. The number of amides is 4. The highest BCUT2D eigenvalue weighted by atomic mass is 16.6. The summed E-state index contributed by atoms with van der Waals surface area (Å²) < 4.78 is 21.5. The Morgan fingerprint density at radius 1 is 0.886 bits per heavy atom. The fraction of sp³-hybridized carbons (Fsp3) is 0.667. The van der Waals surface area contributed by atoms with E-state index in [0.717, 1.165) is 37.0 Å². The van der Waals surface area contributed by atoms with Crippen molar-refractivity contribution in [2.45, 2.75) is 44.6 Å². The molecule has 11 nitrogen and oxygen atoms in total. The van der Waals surface area contributed by atoms with E-state index in [1.807, 2.05) is 0 Å². The zero-order valence-electron chi connectivity index (χ0n) is 20.1. The normalized spacial score (nSPS) is 17.4. The van der Waals surface area contributed by atoms with Crippen LogP contribution in [0.5, 0.6) is 0 Å². The third-order valence-electron chi connectivity index (χ3n) is 5.07. The van der Waals surface area contributed by atoms with Gasteiger partial charge in [-0.25, -0.2) is 4.79 Å². The second-order valence-electron chi connectivity index (χ2n) is 7.84. The average molecular weight is 494 g/mol. The minimum Gasteiger partial charge on any atom is -0.433 e. The van der Waals surface area contributed by atoms with Crippen LogP contribution >= 0.6 is 0 Å². The quantitative estimate of drug-likeness (QED) is 0.181. The summed E-state index contributed by atoms with van der Waals surface area (Å²) >= 11 is 0. The van der Waals surface area contributed by atoms with E-state index in [9.17, 15) is 19.2 Å². The molecule has 0 radical (unpaired) electrons. The van der Waals surface area contributed by atoms with Gasteiger partial charge in [0.25, 0.3) is 11.8 Å². The van der Waals surface area contributed by atoms with Crippen LogP contribution in [-0.4, -0.2) is 94.1 Å². The van der Waals surface area contributed by atoms with E-state index in [0.29, 0.717) is 52.7 Å². The summed E-state index contributed by atoms with van der Waals surface area (Å²) in [6, 6.07) is 0. The van der Waals surface area contributed by atoms with Gasteiger partial charge in [0, 0.05) is 44.6 Å². The molecule has 1 aliphatic heterocycles. The van der Waals surface area contributed by atoms with E-state index in [1.165, 1.54) is 12.2 Å². The Kier molecular flexibility index (Phi) is 14.1. The van der Waals surface area contributed by atoms with Crippen LogP contribution < -0.4 is 10.6 Å². The molecule has 0 saturated heterocycles. The molecule has 0 aromatic rings. The van der Waals surface area contributed by atoms with Crippen molar-refractivity contribution in [3.63, 3.8) is 0 Å². The number of carbonyl (C=O) groups excluding carboxylic acids is 4. The molecular formula is C24H35N3O8. The molecule has 4 amide bonds. The number of nitrogens with one attached hydrogen (secondary N) is 2. The lowest BCUT2D eigenvalue weighted by Crippen LogP contribution is -2.35. The third-order valence-corrected chi connectivity index (χ3v) is 5.07. The molecule has 0 bridgehead atoms. The van der Waals surface area contributed by atoms with Crippen LogP contribution in [0.1, 0.15) is 38.5 Å². The molecule has 0 saturated carbocycles. The van der Waals surface area contributed by atoms with Crippen LogP contribution in [0.15, 0.2) is 12.2 Å². The molecule has 0 fully saturated rings. The Hall–Kier alpha value is -2.94. The number of carbonyl (C=O) groups is 4. The number of ether oxygens (including phenoxy) is 4. The zero-order valence-corrected chi connectivity index (χ0v) is 20.1. The van der Waals surface area contributed by atoms with Gasteiger partial charge in [0.2, 0.25) is 5.91 Å². The molecule has 1 atom stereocenters. The second kappa shape index (κ2) is 17.5. The maximum Gasteiger partial charge on any atom is 0.408 e. The molecular weight excluding hydrogens is 458 g/mol. The van der Waals surface area contributed by atoms with Crippen molar-refractivity contribution in [2.24, 2.45) is 0 Å².